The third-order valence-electron chi connectivity index (χ3n) is 1.76. The lowest BCUT2D eigenvalue weighted by Gasteiger charge is -2.07. The Morgan fingerprint density at radius 1 is 1.27 bits per heavy atom. The van der Waals surface area contributed by atoms with Gasteiger partial charge in [0.1, 0.15) is 17.6 Å². The molecule has 15 heavy (non-hydrogen) atoms. The number of halogens is 3. The third kappa shape index (κ3) is 1.98. The van der Waals surface area contributed by atoms with Crippen molar-refractivity contribution in [3.63, 3.8) is 0 Å². The average Bonchev–Trinajstić information content (AvgIpc) is 2.45. The van der Waals surface area contributed by atoms with Crippen LogP contribution >= 0.6 is 0 Å². The second-order valence-corrected chi connectivity index (χ2v) is 2.83. The van der Waals surface area contributed by atoms with Crippen molar-refractivity contribution in [3.05, 3.63) is 24.5 Å². The second-order valence-electron chi connectivity index (χ2n) is 2.83. The van der Waals surface area contributed by atoms with E-state index in [1.54, 1.807) is 0 Å². The Hall–Kier alpha value is -1.85. The number of hydrogen-bond donors (Lipinski definition) is 1. The van der Waals surface area contributed by atoms with Crippen molar-refractivity contribution in [2.75, 3.05) is 0 Å². The summed E-state index contributed by atoms with van der Waals surface area (Å²) < 4.78 is 44.1. The van der Waals surface area contributed by atoms with E-state index >= 15 is 0 Å². The van der Waals surface area contributed by atoms with Gasteiger partial charge in [-0.3, -0.25) is 0 Å². The van der Waals surface area contributed by atoms with Gasteiger partial charge in [-0.1, -0.05) is 0 Å². The molecule has 0 unspecified atom stereocenters. The summed E-state index contributed by atoms with van der Waals surface area (Å²) in [5, 5.41) is 9.38. The van der Waals surface area contributed by atoms with Gasteiger partial charge in [-0.2, -0.15) is 0 Å². The molecule has 1 N–H and O–H groups in total. The first-order chi connectivity index (χ1) is 6.96. The highest BCUT2D eigenvalue weighted by molar-refractivity contribution is 5.84. The van der Waals surface area contributed by atoms with E-state index in [4.69, 9.17) is 4.42 Å². The average molecular weight is 218 g/mol. The van der Waals surface area contributed by atoms with Crippen LogP contribution in [0.4, 0.5) is 13.2 Å². The Morgan fingerprint density at radius 2 is 2.00 bits per heavy atom. The summed E-state index contributed by atoms with van der Waals surface area (Å²) in [6.07, 6.45) is -3.70. The van der Waals surface area contributed by atoms with Gasteiger partial charge in [0.15, 0.2) is 5.75 Å². The Kier molecular flexibility index (Phi) is 1.99. The highest BCUT2D eigenvalue weighted by Gasteiger charge is 2.31. The van der Waals surface area contributed by atoms with Gasteiger partial charge in [0.2, 0.25) is 0 Å². The summed E-state index contributed by atoms with van der Waals surface area (Å²) in [4.78, 5) is 0. The molecule has 2 aromatic rings. The normalized spacial score (nSPS) is 11.9. The molecule has 0 atom stereocenters. The molecule has 80 valence electrons. The van der Waals surface area contributed by atoms with Gasteiger partial charge in [-0.15, -0.1) is 13.2 Å². The van der Waals surface area contributed by atoms with E-state index in [0.29, 0.717) is 5.58 Å². The molecule has 0 bridgehead atoms. The van der Waals surface area contributed by atoms with Crippen LogP contribution < -0.4 is 4.74 Å². The van der Waals surface area contributed by atoms with Crippen molar-refractivity contribution in [1.29, 1.82) is 0 Å². The summed E-state index contributed by atoms with van der Waals surface area (Å²) >= 11 is 0. The van der Waals surface area contributed by atoms with Gasteiger partial charge in [0, 0.05) is 0 Å². The molecule has 2 rings (SSSR count). The first-order valence-corrected chi connectivity index (χ1v) is 3.92. The minimum absolute atomic E-state index is 0.178. The lowest BCUT2D eigenvalue weighted by atomic mass is 10.2. The maximum atomic E-state index is 11.9. The maximum Gasteiger partial charge on any atom is 0.573 e. The molecule has 1 aromatic heterocycles. The summed E-state index contributed by atoms with van der Waals surface area (Å²) in [5.74, 6) is -0.621. The highest BCUT2D eigenvalue weighted by Crippen LogP contribution is 2.32. The molecule has 0 aliphatic rings. The van der Waals surface area contributed by atoms with Crippen LogP contribution in [0.25, 0.3) is 11.0 Å². The quantitative estimate of drug-likeness (QED) is 0.799. The fourth-order valence-electron chi connectivity index (χ4n) is 1.19. The molecule has 0 saturated carbocycles. The van der Waals surface area contributed by atoms with E-state index in [-0.39, 0.29) is 11.1 Å². The predicted octanol–water partition coefficient (Wildman–Crippen LogP) is 3.04. The number of rotatable bonds is 1. The Morgan fingerprint density at radius 3 is 2.67 bits per heavy atom. The van der Waals surface area contributed by atoms with Crippen LogP contribution in [-0.4, -0.2) is 11.5 Å². The van der Waals surface area contributed by atoms with Gasteiger partial charge >= 0.3 is 6.36 Å². The molecule has 1 heterocycles. The van der Waals surface area contributed by atoms with Gasteiger partial charge in [-0.25, -0.2) is 0 Å². The SMILES string of the molecule is Oc1coc2ccc(OC(F)(F)F)cc12. The van der Waals surface area contributed by atoms with Crippen LogP contribution in [0.5, 0.6) is 11.5 Å². The molecule has 0 fully saturated rings. The van der Waals surface area contributed by atoms with Crippen LogP contribution in [0.1, 0.15) is 0 Å². The van der Waals surface area contributed by atoms with Gasteiger partial charge in [0.25, 0.3) is 0 Å². The smallest absolute Gasteiger partial charge is 0.504 e. The zero-order valence-electron chi connectivity index (χ0n) is 7.21. The van der Waals surface area contributed by atoms with Gasteiger partial charge < -0.3 is 14.3 Å². The summed E-state index contributed by atoms with van der Waals surface area (Å²) in [6, 6.07) is 3.45. The minimum Gasteiger partial charge on any atom is -0.504 e. The highest BCUT2D eigenvalue weighted by atomic mass is 19.4. The number of furan rings is 1. The Labute approximate surface area is 81.7 Å². The number of fused-ring (bicyclic) bond motifs is 1. The van der Waals surface area contributed by atoms with E-state index < -0.39 is 12.1 Å². The molecule has 0 aliphatic carbocycles. The second kappa shape index (κ2) is 3.08. The molecule has 0 amide bonds. The van der Waals surface area contributed by atoms with Crippen molar-refractivity contribution in [1.82, 2.24) is 0 Å². The standard InChI is InChI=1S/C9H5F3O3/c10-9(11,12)15-5-1-2-8-6(3-5)7(13)4-14-8/h1-4,13H. The summed E-state index contributed by atoms with van der Waals surface area (Å²) in [5.41, 5.74) is 0.294. The summed E-state index contributed by atoms with van der Waals surface area (Å²) in [7, 11) is 0. The van der Waals surface area contributed by atoms with Crippen LogP contribution in [0.15, 0.2) is 28.9 Å². The zero-order chi connectivity index (χ0) is 11.1. The van der Waals surface area contributed by atoms with Crippen LogP contribution in [0, 0.1) is 0 Å². The topological polar surface area (TPSA) is 42.6 Å². The molecule has 0 saturated heterocycles. The monoisotopic (exact) mass is 218 g/mol. The van der Waals surface area contributed by atoms with E-state index in [1.165, 1.54) is 6.07 Å². The number of aromatic hydroxyl groups is 1. The summed E-state index contributed by atoms with van der Waals surface area (Å²) in [6.45, 7) is 0. The van der Waals surface area contributed by atoms with Gasteiger partial charge in [0.05, 0.1) is 5.39 Å². The Bertz CT molecular complexity index is 487. The van der Waals surface area contributed by atoms with E-state index in [0.717, 1.165) is 18.4 Å². The first-order valence-electron chi connectivity index (χ1n) is 3.92. The lowest BCUT2D eigenvalue weighted by molar-refractivity contribution is -0.274. The van der Waals surface area contributed by atoms with Crippen LogP contribution in [0.3, 0.4) is 0 Å². The minimum atomic E-state index is -4.74. The van der Waals surface area contributed by atoms with E-state index in [9.17, 15) is 18.3 Å². The first kappa shape index (κ1) is 9.70. The molecule has 6 heteroatoms. The maximum absolute atomic E-state index is 11.9. The number of benzene rings is 1. The Balaban J connectivity index is 2.42. The lowest BCUT2D eigenvalue weighted by Crippen LogP contribution is -2.16. The predicted molar refractivity (Wildman–Crippen MR) is 44.6 cm³/mol. The van der Waals surface area contributed by atoms with Gasteiger partial charge in [-0.05, 0) is 18.2 Å². The fourth-order valence-corrected chi connectivity index (χ4v) is 1.19. The molecule has 0 radical (unpaired) electrons. The third-order valence-corrected chi connectivity index (χ3v) is 1.76. The molecule has 3 nitrogen and oxygen atoms in total. The van der Waals surface area contributed by atoms with Crippen LogP contribution in [0.2, 0.25) is 0 Å². The fraction of sp³-hybridized carbons (Fsp3) is 0.111. The number of hydrogen-bond acceptors (Lipinski definition) is 3. The molecular weight excluding hydrogens is 213 g/mol. The van der Waals surface area contributed by atoms with Crippen molar-refractivity contribution in [2.45, 2.75) is 6.36 Å². The van der Waals surface area contributed by atoms with Crippen LogP contribution in [-0.2, 0) is 0 Å². The van der Waals surface area contributed by atoms with E-state index in [1.807, 2.05) is 0 Å². The van der Waals surface area contributed by atoms with E-state index in [2.05, 4.69) is 4.74 Å². The molecule has 0 aliphatic heterocycles. The van der Waals surface area contributed by atoms with Crippen molar-refractivity contribution in [2.24, 2.45) is 0 Å². The molecule has 1 aromatic carbocycles. The zero-order valence-corrected chi connectivity index (χ0v) is 7.21. The molecular formula is C9H5F3O3. The number of ether oxygens (including phenoxy) is 1. The van der Waals surface area contributed by atoms with Crippen molar-refractivity contribution < 1.29 is 27.4 Å². The molecule has 0 spiro atoms. The van der Waals surface area contributed by atoms with Crippen molar-refractivity contribution in [3.8, 4) is 11.5 Å². The largest absolute Gasteiger partial charge is 0.573 e. The number of alkyl halides is 3. The van der Waals surface area contributed by atoms with Crippen molar-refractivity contribution >= 4 is 11.0 Å².